The molecule has 3 amide bonds. The van der Waals surface area contributed by atoms with E-state index >= 15 is 0 Å². The third kappa shape index (κ3) is 6.32. The molecule has 126 valence electrons. The van der Waals surface area contributed by atoms with Gasteiger partial charge in [-0.1, -0.05) is 13.8 Å². The molecule has 0 saturated carbocycles. The monoisotopic (exact) mass is 313 g/mol. The molecule has 2 unspecified atom stereocenters. The number of nitrogens with two attached hydrogens (primary N) is 1. The van der Waals surface area contributed by atoms with Crippen molar-refractivity contribution in [2.24, 2.45) is 23.5 Å². The molecule has 0 bridgehead atoms. The minimum absolute atomic E-state index is 0.0999. The number of rotatable bonds is 7. The molecule has 1 fully saturated rings. The summed E-state index contributed by atoms with van der Waals surface area (Å²) < 4.78 is 0. The molecular weight excluding hydrogens is 286 g/mol. The Morgan fingerprint density at radius 1 is 1.36 bits per heavy atom. The standard InChI is InChI=1S/C15H27N3O4/c1-10(2)6-12(14(20)21)8-17-15(22)18-5-3-4-11(9-18)7-13(16)19/h10-12H,3-9H2,1-2H3,(H2,16,19)(H,17,22)(H,20,21). The van der Waals surface area contributed by atoms with Crippen LogP contribution >= 0.6 is 0 Å². The Hall–Kier alpha value is -1.79. The first-order valence-corrected chi connectivity index (χ1v) is 7.83. The zero-order valence-electron chi connectivity index (χ0n) is 13.4. The molecule has 0 aliphatic carbocycles. The first-order valence-electron chi connectivity index (χ1n) is 7.83. The lowest BCUT2D eigenvalue weighted by molar-refractivity contribution is -0.142. The van der Waals surface area contributed by atoms with E-state index in [-0.39, 0.29) is 36.7 Å². The number of carbonyl (C=O) groups excluding carboxylic acids is 2. The number of urea groups is 1. The topological polar surface area (TPSA) is 113 Å². The fraction of sp³-hybridized carbons (Fsp3) is 0.800. The van der Waals surface area contributed by atoms with E-state index in [0.29, 0.717) is 19.5 Å². The first-order chi connectivity index (χ1) is 10.3. The van der Waals surface area contributed by atoms with E-state index in [4.69, 9.17) is 5.73 Å². The molecule has 4 N–H and O–H groups in total. The lowest BCUT2D eigenvalue weighted by atomic mass is 9.94. The third-order valence-electron chi connectivity index (χ3n) is 3.90. The second-order valence-electron chi connectivity index (χ2n) is 6.48. The van der Waals surface area contributed by atoms with Gasteiger partial charge >= 0.3 is 12.0 Å². The molecule has 22 heavy (non-hydrogen) atoms. The fourth-order valence-corrected chi connectivity index (χ4v) is 2.86. The number of amides is 3. The van der Waals surface area contributed by atoms with Crippen molar-refractivity contribution in [3.63, 3.8) is 0 Å². The van der Waals surface area contributed by atoms with E-state index in [1.54, 1.807) is 4.90 Å². The number of piperidine rings is 1. The molecule has 1 aliphatic heterocycles. The van der Waals surface area contributed by atoms with Gasteiger partial charge < -0.3 is 21.1 Å². The second-order valence-corrected chi connectivity index (χ2v) is 6.48. The number of nitrogens with zero attached hydrogens (tertiary/aromatic N) is 1. The van der Waals surface area contributed by atoms with E-state index in [1.165, 1.54) is 0 Å². The van der Waals surface area contributed by atoms with Crippen molar-refractivity contribution in [2.45, 2.75) is 39.5 Å². The quantitative estimate of drug-likeness (QED) is 0.651. The van der Waals surface area contributed by atoms with Gasteiger partial charge in [0.25, 0.3) is 0 Å². The van der Waals surface area contributed by atoms with Gasteiger partial charge in [0.1, 0.15) is 0 Å². The Kier molecular flexibility index (Phi) is 7.14. The van der Waals surface area contributed by atoms with Crippen LogP contribution in [0.4, 0.5) is 4.79 Å². The zero-order chi connectivity index (χ0) is 16.7. The van der Waals surface area contributed by atoms with Gasteiger partial charge in [-0.15, -0.1) is 0 Å². The number of likely N-dealkylation sites (tertiary alicyclic amines) is 1. The highest BCUT2D eigenvalue weighted by Crippen LogP contribution is 2.19. The van der Waals surface area contributed by atoms with Crippen molar-refractivity contribution < 1.29 is 19.5 Å². The van der Waals surface area contributed by atoms with Crippen molar-refractivity contribution in [2.75, 3.05) is 19.6 Å². The number of nitrogens with one attached hydrogen (secondary N) is 1. The Morgan fingerprint density at radius 2 is 2.05 bits per heavy atom. The predicted octanol–water partition coefficient (Wildman–Crippen LogP) is 1.03. The molecular formula is C15H27N3O4. The van der Waals surface area contributed by atoms with Gasteiger partial charge in [-0.3, -0.25) is 9.59 Å². The highest BCUT2D eigenvalue weighted by Gasteiger charge is 2.26. The molecule has 1 heterocycles. The van der Waals surface area contributed by atoms with Crippen molar-refractivity contribution in [1.82, 2.24) is 10.2 Å². The summed E-state index contributed by atoms with van der Waals surface area (Å²) in [6.07, 6.45) is 2.53. The summed E-state index contributed by atoms with van der Waals surface area (Å²) in [4.78, 5) is 35.9. The van der Waals surface area contributed by atoms with E-state index in [2.05, 4.69) is 5.32 Å². The van der Waals surface area contributed by atoms with Crippen LogP contribution in [0, 0.1) is 17.8 Å². The molecule has 0 radical (unpaired) electrons. The molecule has 7 heteroatoms. The molecule has 0 aromatic heterocycles. The van der Waals surface area contributed by atoms with Crippen LogP contribution < -0.4 is 11.1 Å². The first kappa shape index (κ1) is 18.3. The van der Waals surface area contributed by atoms with Crippen LogP contribution in [0.1, 0.15) is 39.5 Å². The van der Waals surface area contributed by atoms with Crippen molar-refractivity contribution in [3.05, 3.63) is 0 Å². The molecule has 2 atom stereocenters. The van der Waals surface area contributed by atoms with Crippen LogP contribution in [0.5, 0.6) is 0 Å². The Balaban J connectivity index is 2.46. The summed E-state index contributed by atoms with van der Waals surface area (Å²) in [6, 6.07) is -0.260. The van der Waals surface area contributed by atoms with Gasteiger partial charge in [0.2, 0.25) is 5.91 Å². The Morgan fingerprint density at radius 3 is 2.59 bits per heavy atom. The van der Waals surface area contributed by atoms with Crippen LogP contribution in [0.25, 0.3) is 0 Å². The van der Waals surface area contributed by atoms with Crippen molar-refractivity contribution in [1.29, 1.82) is 0 Å². The summed E-state index contributed by atoms with van der Waals surface area (Å²) in [5, 5.41) is 11.9. The normalized spacial score (nSPS) is 19.8. The molecule has 0 spiro atoms. The highest BCUT2D eigenvalue weighted by atomic mass is 16.4. The molecule has 1 aliphatic rings. The molecule has 0 aromatic rings. The van der Waals surface area contributed by atoms with Crippen molar-refractivity contribution >= 4 is 17.9 Å². The summed E-state index contributed by atoms with van der Waals surface area (Å²) >= 11 is 0. The SMILES string of the molecule is CC(C)CC(CNC(=O)N1CCCC(CC(N)=O)C1)C(=O)O. The average molecular weight is 313 g/mol. The minimum Gasteiger partial charge on any atom is -0.481 e. The average Bonchev–Trinajstić information content (AvgIpc) is 2.42. The van der Waals surface area contributed by atoms with Gasteiger partial charge in [0.15, 0.2) is 0 Å². The number of carboxylic acids is 1. The predicted molar refractivity (Wildman–Crippen MR) is 82.1 cm³/mol. The molecule has 1 saturated heterocycles. The van der Waals surface area contributed by atoms with Gasteiger partial charge in [-0.2, -0.15) is 0 Å². The smallest absolute Gasteiger partial charge is 0.317 e. The maximum Gasteiger partial charge on any atom is 0.317 e. The van der Waals surface area contributed by atoms with Crippen LogP contribution in [0.2, 0.25) is 0 Å². The summed E-state index contributed by atoms with van der Waals surface area (Å²) in [7, 11) is 0. The zero-order valence-corrected chi connectivity index (χ0v) is 13.4. The number of primary amides is 1. The van der Waals surface area contributed by atoms with Gasteiger partial charge in [-0.25, -0.2) is 4.79 Å². The Labute approximate surface area is 131 Å². The molecule has 7 nitrogen and oxygen atoms in total. The Bertz CT molecular complexity index is 412. The fourth-order valence-electron chi connectivity index (χ4n) is 2.86. The van der Waals surface area contributed by atoms with E-state index < -0.39 is 11.9 Å². The van der Waals surface area contributed by atoms with Crippen LogP contribution in [0.15, 0.2) is 0 Å². The van der Waals surface area contributed by atoms with Crippen LogP contribution in [-0.4, -0.2) is 47.5 Å². The summed E-state index contributed by atoms with van der Waals surface area (Å²) in [6.45, 7) is 5.16. The number of hydrogen-bond acceptors (Lipinski definition) is 3. The van der Waals surface area contributed by atoms with Gasteiger partial charge in [0, 0.05) is 26.1 Å². The van der Waals surface area contributed by atoms with Gasteiger partial charge in [0.05, 0.1) is 5.92 Å². The minimum atomic E-state index is -0.890. The number of carboxylic acid groups (broad SMARTS) is 1. The van der Waals surface area contributed by atoms with Gasteiger partial charge in [-0.05, 0) is 31.1 Å². The summed E-state index contributed by atoms with van der Waals surface area (Å²) in [5.41, 5.74) is 5.20. The number of hydrogen-bond donors (Lipinski definition) is 3. The van der Waals surface area contributed by atoms with E-state index in [9.17, 15) is 19.5 Å². The van der Waals surface area contributed by atoms with Crippen molar-refractivity contribution in [3.8, 4) is 0 Å². The maximum atomic E-state index is 12.1. The lowest BCUT2D eigenvalue weighted by Gasteiger charge is -2.32. The maximum absolute atomic E-state index is 12.1. The lowest BCUT2D eigenvalue weighted by Crippen LogP contribution is -2.47. The number of aliphatic carboxylic acids is 1. The van der Waals surface area contributed by atoms with Crippen LogP contribution in [-0.2, 0) is 9.59 Å². The second kappa shape index (κ2) is 8.60. The largest absolute Gasteiger partial charge is 0.481 e. The molecule has 1 rings (SSSR count). The summed E-state index contributed by atoms with van der Waals surface area (Å²) in [5.74, 6) is -1.46. The molecule has 0 aromatic carbocycles. The van der Waals surface area contributed by atoms with E-state index in [1.807, 2.05) is 13.8 Å². The third-order valence-corrected chi connectivity index (χ3v) is 3.90. The van der Waals surface area contributed by atoms with E-state index in [0.717, 1.165) is 12.8 Å². The van der Waals surface area contributed by atoms with Crippen LogP contribution in [0.3, 0.4) is 0 Å². The number of carbonyl (C=O) groups is 3. The highest BCUT2D eigenvalue weighted by molar-refractivity contribution is 5.76.